The SMILES string of the molecule is Cn1cnc(CNS(=O)(=O)c2ccc(N)cc2[N+](=O)[O-])n1. The van der Waals surface area contributed by atoms with E-state index in [1.54, 1.807) is 7.05 Å². The molecule has 11 heteroatoms. The van der Waals surface area contributed by atoms with Crippen molar-refractivity contribution < 1.29 is 13.3 Å². The van der Waals surface area contributed by atoms with Crippen molar-refractivity contribution in [3.05, 3.63) is 40.5 Å². The van der Waals surface area contributed by atoms with Gasteiger partial charge in [0.25, 0.3) is 5.69 Å². The van der Waals surface area contributed by atoms with E-state index in [2.05, 4.69) is 14.8 Å². The summed E-state index contributed by atoms with van der Waals surface area (Å²) >= 11 is 0. The molecule has 10 nitrogen and oxygen atoms in total. The first-order valence-electron chi connectivity index (χ1n) is 5.67. The fourth-order valence-corrected chi connectivity index (χ4v) is 2.74. The summed E-state index contributed by atoms with van der Waals surface area (Å²) in [5, 5.41) is 14.8. The second-order valence-corrected chi connectivity index (χ2v) is 5.88. The lowest BCUT2D eigenvalue weighted by Crippen LogP contribution is -2.24. The monoisotopic (exact) mass is 312 g/mol. The van der Waals surface area contributed by atoms with Crippen LogP contribution in [-0.2, 0) is 23.6 Å². The number of rotatable bonds is 5. The number of hydrogen-bond acceptors (Lipinski definition) is 7. The van der Waals surface area contributed by atoms with Crippen LogP contribution < -0.4 is 10.5 Å². The van der Waals surface area contributed by atoms with Crippen molar-refractivity contribution in [3.8, 4) is 0 Å². The molecule has 1 aromatic carbocycles. The van der Waals surface area contributed by atoms with Crippen molar-refractivity contribution in [2.45, 2.75) is 11.4 Å². The highest BCUT2D eigenvalue weighted by molar-refractivity contribution is 7.89. The van der Waals surface area contributed by atoms with Gasteiger partial charge in [-0.3, -0.25) is 14.8 Å². The predicted molar refractivity (Wildman–Crippen MR) is 72.5 cm³/mol. The van der Waals surface area contributed by atoms with Gasteiger partial charge in [0, 0.05) is 18.8 Å². The number of nitrogens with two attached hydrogens (primary N) is 1. The van der Waals surface area contributed by atoms with Gasteiger partial charge in [0.05, 0.1) is 11.5 Å². The molecule has 21 heavy (non-hydrogen) atoms. The first-order valence-corrected chi connectivity index (χ1v) is 7.16. The van der Waals surface area contributed by atoms with Crippen LogP contribution >= 0.6 is 0 Å². The molecule has 0 radical (unpaired) electrons. The van der Waals surface area contributed by atoms with E-state index < -0.39 is 25.5 Å². The van der Waals surface area contributed by atoms with E-state index in [1.165, 1.54) is 17.1 Å². The molecule has 0 bridgehead atoms. The summed E-state index contributed by atoms with van der Waals surface area (Å²) in [7, 11) is -2.44. The molecule has 0 atom stereocenters. The fourth-order valence-electron chi connectivity index (χ4n) is 1.61. The predicted octanol–water partition coefficient (Wildman–Crippen LogP) is -0.216. The molecule has 112 valence electrons. The Bertz CT molecular complexity index is 785. The molecule has 1 heterocycles. The van der Waals surface area contributed by atoms with Gasteiger partial charge in [-0.1, -0.05) is 0 Å². The van der Waals surface area contributed by atoms with E-state index >= 15 is 0 Å². The highest BCUT2D eigenvalue weighted by Crippen LogP contribution is 2.25. The number of nitro benzene ring substituents is 1. The average molecular weight is 312 g/mol. The van der Waals surface area contributed by atoms with Crippen molar-refractivity contribution in [3.63, 3.8) is 0 Å². The molecule has 0 saturated carbocycles. The van der Waals surface area contributed by atoms with Crippen LogP contribution in [0, 0.1) is 10.1 Å². The summed E-state index contributed by atoms with van der Waals surface area (Å²) in [5.41, 5.74) is 4.95. The third-order valence-electron chi connectivity index (χ3n) is 2.54. The van der Waals surface area contributed by atoms with E-state index in [-0.39, 0.29) is 18.1 Å². The van der Waals surface area contributed by atoms with Crippen LogP contribution in [0.1, 0.15) is 5.82 Å². The Morgan fingerprint density at radius 3 is 2.76 bits per heavy atom. The molecule has 2 aromatic rings. The van der Waals surface area contributed by atoms with Crippen LogP contribution in [0.2, 0.25) is 0 Å². The van der Waals surface area contributed by atoms with Crippen LogP contribution in [0.5, 0.6) is 0 Å². The lowest BCUT2D eigenvalue weighted by Gasteiger charge is -2.06. The van der Waals surface area contributed by atoms with Gasteiger partial charge in [-0.25, -0.2) is 18.1 Å². The molecule has 1 aromatic heterocycles. The van der Waals surface area contributed by atoms with Gasteiger partial charge in [-0.2, -0.15) is 5.10 Å². The number of anilines is 1. The molecular weight excluding hydrogens is 300 g/mol. The highest BCUT2D eigenvalue weighted by Gasteiger charge is 2.26. The number of nitrogen functional groups attached to an aromatic ring is 1. The zero-order chi connectivity index (χ0) is 15.6. The minimum absolute atomic E-state index is 0.104. The molecule has 0 saturated heterocycles. The number of benzene rings is 1. The largest absolute Gasteiger partial charge is 0.399 e. The fraction of sp³-hybridized carbons (Fsp3) is 0.200. The lowest BCUT2D eigenvalue weighted by molar-refractivity contribution is -0.387. The van der Waals surface area contributed by atoms with Crippen molar-refractivity contribution in [1.29, 1.82) is 0 Å². The summed E-state index contributed by atoms with van der Waals surface area (Å²) in [6.07, 6.45) is 1.41. The summed E-state index contributed by atoms with van der Waals surface area (Å²) in [4.78, 5) is 13.5. The maximum Gasteiger partial charge on any atom is 0.291 e. The molecule has 0 spiro atoms. The molecule has 0 aliphatic heterocycles. The summed E-state index contributed by atoms with van der Waals surface area (Å²) in [5.74, 6) is 0.249. The Morgan fingerprint density at radius 1 is 1.48 bits per heavy atom. The van der Waals surface area contributed by atoms with Gasteiger partial charge < -0.3 is 5.73 Å². The zero-order valence-corrected chi connectivity index (χ0v) is 11.7. The van der Waals surface area contributed by atoms with Gasteiger partial charge in [0.2, 0.25) is 10.0 Å². The normalized spacial score (nSPS) is 11.5. The van der Waals surface area contributed by atoms with Crippen molar-refractivity contribution in [2.24, 2.45) is 7.05 Å². The zero-order valence-electron chi connectivity index (χ0n) is 10.9. The molecule has 0 aliphatic carbocycles. The summed E-state index contributed by atoms with van der Waals surface area (Å²) < 4.78 is 27.9. The number of aromatic nitrogens is 3. The number of hydrogen-bond donors (Lipinski definition) is 2. The molecular formula is C10H12N6O4S. The van der Waals surface area contributed by atoms with Crippen LogP contribution in [0.15, 0.2) is 29.4 Å². The van der Waals surface area contributed by atoms with E-state index in [0.717, 1.165) is 12.1 Å². The second kappa shape index (κ2) is 5.46. The first-order chi connectivity index (χ1) is 9.79. The number of aryl methyl sites for hydroxylation is 1. The maximum atomic E-state index is 12.1. The average Bonchev–Trinajstić information content (AvgIpc) is 2.82. The van der Waals surface area contributed by atoms with Crippen molar-refractivity contribution in [1.82, 2.24) is 19.5 Å². The molecule has 2 rings (SSSR count). The highest BCUT2D eigenvalue weighted by atomic mass is 32.2. The molecule has 0 amide bonds. The van der Waals surface area contributed by atoms with Gasteiger partial charge in [0.15, 0.2) is 10.7 Å². The molecule has 3 N–H and O–H groups in total. The Morgan fingerprint density at radius 2 is 2.19 bits per heavy atom. The Labute approximate surface area is 119 Å². The van der Waals surface area contributed by atoms with Gasteiger partial charge >= 0.3 is 0 Å². The molecule has 0 fully saturated rings. The number of nitrogens with zero attached hydrogens (tertiary/aromatic N) is 4. The summed E-state index contributed by atoms with van der Waals surface area (Å²) in [6, 6.07) is 3.36. The third-order valence-corrected chi connectivity index (χ3v) is 3.99. The van der Waals surface area contributed by atoms with Gasteiger partial charge in [-0.15, -0.1) is 0 Å². The van der Waals surface area contributed by atoms with Crippen LogP contribution in [0.3, 0.4) is 0 Å². The number of nitrogens with one attached hydrogen (secondary N) is 1. The first kappa shape index (κ1) is 14.9. The van der Waals surface area contributed by atoms with Crippen molar-refractivity contribution >= 4 is 21.4 Å². The minimum atomic E-state index is -4.08. The molecule has 0 aliphatic rings. The third kappa shape index (κ3) is 3.32. The van der Waals surface area contributed by atoms with Gasteiger partial charge in [-0.05, 0) is 12.1 Å². The minimum Gasteiger partial charge on any atom is -0.399 e. The second-order valence-electron chi connectivity index (χ2n) is 4.14. The number of sulfonamides is 1. The molecule has 0 unspecified atom stereocenters. The van der Waals surface area contributed by atoms with Crippen LogP contribution in [0.4, 0.5) is 11.4 Å². The Balaban J connectivity index is 2.29. The summed E-state index contributed by atoms with van der Waals surface area (Å²) in [6.45, 7) is -0.176. The van der Waals surface area contributed by atoms with E-state index in [9.17, 15) is 18.5 Å². The van der Waals surface area contributed by atoms with E-state index in [1.807, 2.05) is 0 Å². The quantitative estimate of drug-likeness (QED) is 0.441. The standard InChI is InChI=1S/C10H12N6O4S/c1-15-6-12-10(14-15)5-13-21(19,20)9-3-2-7(11)4-8(9)16(17)18/h2-4,6,13H,5,11H2,1H3. The van der Waals surface area contributed by atoms with E-state index in [0.29, 0.717) is 0 Å². The smallest absolute Gasteiger partial charge is 0.291 e. The lowest BCUT2D eigenvalue weighted by atomic mass is 10.3. The Kier molecular flexibility index (Phi) is 3.86. The van der Waals surface area contributed by atoms with E-state index in [4.69, 9.17) is 5.73 Å². The van der Waals surface area contributed by atoms with Gasteiger partial charge in [0.1, 0.15) is 6.33 Å². The Hall–Kier alpha value is -2.53. The number of nitro groups is 1. The maximum absolute atomic E-state index is 12.1. The van der Waals surface area contributed by atoms with Crippen molar-refractivity contribution in [2.75, 3.05) is 5.73 Å². The topological polar surface area (TPSA) is 146 Å². The van der Waals surface area contributed by atoms with Crippen LogP contribution in [-0.4, -0.2) is 28.1 Å². The van der Waals surface area contributed by atoms with Crippen LogP contribution in [0.25, 0.3) is 0 Å².